The molecule has 5 rings (SSSR count). The van der Waals surface area contributed by atoms with Crippen LogP contribution in [0.4, 0.5) is 11.6 Å². The second-order valence-electron chi connectivity index (χ2n) is 6.96. The third-order valence-electron chi connectivity index (χ3n) is 4.78. The van der Waals surface area contributed by atoms with Gasteiger partial charge in [-0.15, -0.1) is 0 Å². The van der Waals surface area contributed by atoms with Gasteiger partial charge in [0.05, 0.1) is 5.52 Å². The molecule has 0 aliphatic carbocycles. The molecule has 9 heteroatoms. The molecule has 160 valence electrons. The maximum Gasteiger partial charge on any atom is 0.269 e. The summed E-state index contributed by atoms with van der Waals surface area (Å²) >= 11 is 0. The van der Waals surface area contributed by atoms with Crippen molar-refractivity contribution in [1.29, 1.82) is 0 Å². The van der Waals surface area contributed by atoms with Gasteiger partial charge in [0.15, 0.2) is 11.5 Å². The van der Waals surface area contributed by atoms with E-state index in [1.165, 1.54) is 6.20 Å². The number of benzene rings is 2. The quantitative estimate of drug-likeness (QED) is 0.495. The number of amides is 1. The molecule has 2 aromatic carbocycles. The van der Waals surface area contributed by atoms with Gasteiger partial charge < -0.3 is 24.8 Å². The predicted molar refractivity (Wildman–Crippen MR) is 118 cm³/mol. The van der Waals surface area contributed by atoms with E-state index in [2.05, 4.69) is 25.6 Å². The fourth-order valence-electron chi connectivity index (χ4n) is 3.25. The van der Waals surface area contributed by atoms with Crippen LogP contribution in [0.3, 0.4) is 0 Å². The minimum absolute atomic E-state index is 0.277. The summed E-state index contributed by atoms with van der Waals surface area (Å²) < 4.78 is 17.0. The topological polar surface area (TPSA) is 107 Å². The smallest absolute Gasteiger partial charge is 0.269 e. The predicted octanol–water partition coefficient (Wildman–Crippen LogP) is 3.69. The number of carbonyl (C=O) groups is 1. The van der Waals surface area contributed by atoms with Crippen LogP contribution in [0.15, 0.2) is 60.9 Å². The Hall–Kier alpha value is -4.40. The number of carbonyl (C=O) groups excluding carboxylic acids is 1. The fraction of sp³-hybridized carbons (Fsp3) is 0.130. The van der Waals surface area contributed by atoms with E-state index in [1.807, 2.05) is 36.4 Å². The molecule has 0 fully saturated rings. The van der Waals surface area contributed by atoms with Crippen molar-refractivity contribution in [1.82, 2.24) is 20.3 Å². The zero-order valence-electron chi connectivity index (χ0n) is 17.2. The van der Waals surface area contributed by atoms with E-state index in [-0.39, 0.29) is 11.6 Å². The molecular weight excluding hydrogens is 410 g/mol. The highest BCUT2D eigenvalue weighted by Crippen LogP contribution is 2.33. The molecule has 1 aliphatic rings. The molecular formula is C23H19N5O4. The van der Waals surface area contributed by atoms with Gasteiger partial charge in [-0.25, -0.2) is 9.97 Å². The number of hydrogen-bond donors (Lipinski definition) is 2. The Morgan fingerprint density at radius 1 is 0.969 bits per heavy atom. The number of pyridine rings is 1. The van der Waals surface area contributed by atoms with Crippen LogP contribution < -0.4 is 24.8 Å². The first-order valence-corrected chi connectivity index (χ1v) is 9.97. The van der Waals surface area contributed by atoms with Crippen molar-refractivity contribution in [2.45, 2.75) is 0 Å². The van der Waals surface area contributed by atoms with Gasteiger partial charge in [-0.05, 0) is 36.4 Å². The number of fused-ring (bicyclic) bond motifs is 2. The Kier molecular flexibility index (Phi) is 5.12. The maximum atomic E-state index is 11.8. The summed E-state index contributed by atoms with van der Waals surface area (Å²) in [6.07, 6.45) is 3.25. The van der Waals surface area contributed by atoms with Gasteiger partial charge in [0.1, 0.15) is 30.4 Å². The highest BCUT2D eigenvalue weighted by atomic mass is 16.6. The normalized spacial score (nSPS) is 12.3. The van der Waals surface area contributed by atoms with Crippen molar-refractivity contribution >= 4 is 28.4 Å². The second kappa shape index (κ2) is 8.38. The third-order valence-corrected chi connectivity index (χ3v) is 4.78. The van der Waals surface area contributed by atoms with Crippen LogP contribution in [-0.4, -0.2) is 41.1 Å². The molecule has 0 atom stereocenters. The highest BCUT2D eigenvalue weighted by molar-refractivity contribution is 5.92. The molecule has 0 saturated carbocycles. The van der Waals surface area contributed by atoms with Gasteiger partial charge in [-0.2, -0.15) is 0 Å². The summed E-state index contributed by atoms with van der Waals surface area (Å²) in [4.78, 5) is 24.8. The lowest BCUT2D eigenvalue weighted by molar-refractivity contribution is 0.0958. The minimum Gasteiger partial charge on any atom is -0.486 e. The molecule has 0 saturated heterocycles. The van der Waals surface area contributed by atoms with Gasteiger partial charge in [-0.1, -0.05) is 0 Å². The molecule has 32 heavy (non-hydrogen) atoms. The average molecular weight is 429 g/mol. The van der Waals surface area contributed by atoms with E-state index in [9.17, 15) is 4.79 Å². The van der Waals surface area contributed by atoms with Crippen LogP contribution >= 0.6 is 0 Å². The number of anilines is 2. The van der Waals surface area contributed by atoms with E-state index >= 15 is 0 Å². The van der Waals surface area contributed by atoms with E-state index < -0.39 is 0 Å². The van der Waals surface area contributed by atoms with Crippen LogP contribution in [-0.2, 0) is 0 Å². The molecule has 3 heterocycles. The second-order valence-corrected chi connectivity index (χ2v) is 6.96. The number of rotatable bonds is 5. The van der Waals surface area contributed by atoms with Crippen LogP contribution in [0.5, 0.6) is 23.0 Å². The number of nitrogens with zero attached hydrogens (tertiary/aromatic N) is 3. The number of aromatic nitrogens is 3. The van der Waals surface area contributed by atoms with E-state index in [1.54, 1.807) is 25.4 Å². The zero-order valence-corrected chi connectivity index (χ0v) is 17.2. The maximum absolute atomic E-state index is 11.8. The Morgan fingerprint density at radius 3 is 2.69 bits per heavy atom. The first-order valence-electron chi connectivity index (χ1n) is 9.97. The Balaban J connectivity index is 1.34. The molecule has 4 aromatic rings. The van der Waals surface area contributed by atoms with Crippen LogP contribution in [0.2, 0.25) is 0 Å². The van der Waals surface area contributed by atoms with Crippen molar-refractivity contribution in [3.63, 3.8) is 0 Å². The lowest BCUT2D eigenvalue weighted by Crippen LogP contribution is -2.18. The van der Waals surface area contributed by atoms with Gasteiger partial charge >= 0.3 is 0 Å². The van der Waals surface area contributed by atoms with Gasteiger partial charge in [0, 0.05) is 42.6 Å². The molecule has 2 aromatic heterocycles. The first-order chi connectivity index (χ1) is 15.7. The molecule has 0 unspecified atom stereocenters. The molecule has 0 bridgehead atoms. The van der Waals surface area contributed by atoms with Crippen LogP contribution in [0.25, 0.3) is 10.9 Å². The zero-order chi connectivity index (χ0) is 21.9. The van der Waals surface area contributed by atoms with Crippen molar-refractivity contribution in [2.24, 2.45) is 0 Å². The summed E-state index contributed by atoms with van der Waals surface area (Å²) in [5.74, 6) is 2.72. The molecule has 1 aliphatic heterocycles. The van der Waals surface area contributed by atoms with Gasteiger partial charge in [0.2, 0.25) is 5.95 Å². The summed E-state index contributed by atoms with van der Waals surface area (Å²) in [7, 11) is 1.55. The van der Waals surface area contributed by atoms with E-state index in [0.717, 1.165) is 22.3 Å². The lowest BCUT2D eigenvalue weighted by atomic mass is 10.2. The lowest BCUT2D eigenvalue weighted by Gasteiger charge is -2.19. The third kappa shape index (κ3) is 4.08. The standard InChI is InChI=1S/C23H19N5O4/c1-24-22(29)19-12-17(6-7-25-19)32-16-3-4-18-14(10-16)13-26-23(28-18)27-15-2-5-20-21(11-15)31-9-8-30-20/h2-7,10-13H,8-9H2,1H3,(H,24,29)(H,26,27,28). The summed E-state index contributed by atoms with van der Waals surface area (Å²) in [6.45, 7) is 1.08. The number of ether oxygens (including phenoxy) is 3. The van der Waals surface area contributed by atoms with Crippen LogP contribution in [0, 0.1) is 0 Å². The monoisotopic (exact) mass is 429 g/mol. The SMILES string of the molecule is CNC(=O)c1cc(Oc2ccc3nc(Nc4ccc5c(c4)OCCO5)ncc3c2)ccn1. The number of nitrogens with one attached hydrogen (secondary N) is 2. The first kappa shape index (κ1) is 19.6. The summed E-state index contributed by atoms with van der Waals surface area (Å²) in [5.41, 5.74) is 1.84. The van der Waals surface area contributed by atoms with Crippen LogP contribution in [0.1, 0.15) is 10.5 Å². The largest absolute Gasteiger partial charge is 0.486 e. The average Bonchev–Trinajstić information content (AvgIpc) is 2.83. The van der Waals surface area contributed by atoms with E-state index in [4.69, 9.17) is 14.2 Å². The Morgan fingerprint density at radius 2 is 1.81 bits per heavy atom. The fourth-order valence-corrected chi connectivity index (χ4v) is 3.25. The molecule has 0 spiro atoms. The van der Waals surface area contributed by atoms with Crippen molar-refractivity contribution in [3.8, 4) is 23.0 Å². The summed E-state index contributed by atoms with van der Waals surface area (Å²) in [6, 6.07) is 14.4. The Bertz CT molecular complexity index is 1310. The summed E-state index contributed by atoms with van der Waals surface area (Å²) in [5, 5.41) is 6.55. The molecule has 2 N–H and O–H groups in total. The Labute approximate surface area is 183 Å². The van der Waals surface area contributed by atoms with Gasteiger partial charge in [-0.3, -0.25) is 9.78 Å². The van der Waals surface area contributed by atoms with Crippen molar-refractivity contribution in [3.05, 3.63) is 66.6 Å². The van der Waals surface area contributed by atoms with Gasteiger partial charge in [0.25, 0.3) is 5.91 Å². The van der Waals surface area contributed by atoms with Crippen molar-refractivity contribution in [2.75, 3.05) is 25.6 Å². The van der Waals surface area contributed by atoms with E-state index in [0.29, 0.717) is 36.4 Å². The number of hydrogen-bond acceptors (Lipinski definition) is 8. The van der Waals surface area contributed by atoms with Crippen molar-refractivity contribution < 1.29 is 19.0 Å². The minimum atomic E-state index is -0.277. The highest BCUT2D eigenvalue weighted by Gasteiger charge is 2.12. The molecule has 1 amide bonds. The molecule has 9 nitrogen and oxygen atoms in total. The molecule has 0 radical (unpaired) electrons.